The van der Waals surface area contributed by atoms with E-state index >= 15 is 0 Å². The van der Waals surface area contributed by atoms with Crippen molar-refractivity contribution in [1.29, 1.82) is 0 Å². The van der Waals surface area contributed by atoms with Crippen molar-refractivity contribution in [3.05, 3.63) is 21.9 Å². The Morgan fingerprint density at radius 3 is 3.11 bits per heavy atom. The van der Waals surface area contributed by atoms with Crippen molar-refractivity contribution in [2.45, 2.75) is 25.8 Å². The van der Waals surface area contributed by atoms with E-state index in [0.717, 1.165) is 16.2 Å². The van der Waals surface area contributed by atoms with Crippen LogP contribution < -0.4 is 5.32 Å². The normalized spacial score (nSPS) is 9.79. The third kappa shape index (κ3) is 6.97. The lowest BCUT2D eigenvalue weighted by Gasteiger charge is -2.02. The first-order valence-electron chi connectivity index (χ1n) is 6.20. The van der Waals surface area contributed by atoms with Crippen LogP contribution in [0.4, 0.5) is 0 Å². The summed E-state index contributed by atoms with van der Waals surface area (Å²) >= 11 is 1.56. The molecule has 1 amide bonds. The molecule has 2 N–H and O–H groups in total. The third-order valence-electron chi connectivity index (χ3n) is 2.32. The van der Waals surface area contributed by atoms with Crippen LogP contribution in [0.2, 0.25) is 0 Å². The molecule has 19 heavy (non-hydrogen) atoms. The van der Waals surface area contributed by atoms with Crippen LogP contribution in [0.3, 0.4) is 0 Å². The number of nitrogens with one attached hydrogen (secondary N) is 1. The fraction of sp³-hybridized carbons (Fsp3) is 0.500. The predicted molar refractivity (Wildman–Crippen MR) is 75.9 cm³/mol. The quantitative estimate of drug-likeness (QED) is 0.588. The highest BCUT2D eigenvalue weighted by molar-refractivity contribution is 7.12. The van der Waals surface area contributed by atoms with E-state index in [-0.39, 0.29) is 12.5 Å². The van der Waals surface area contributed by atoms with Gasteiger partial charge in [0.15, 0.2) is 0 Å². The van der Waals surface area contributed by atoms with Gasteiger partial charge in [-0.15, -0.1) is 11.3 Å². The molecule has 0 spiro atoms. The minimum Gasteiger partial charge on any atom is -0.395 e. The lowest BCUT2D eigenvalue weighted by atomic mass is 10.3. The van der Waals surface area contributed by atoms with Gasteiger partial charge in [0, 0.05) is 31.4 Å². The second-order valence-electron chi connectivity index (χ2n) is 3.91. The summed E-state index contributed by atoms with van der Waals surface area (Å²) in [5.74, 6) is 5.89. The lowest BCUT2D eigenvalue weighted by molar-refractivity contribution is -0.121. The van der Waals surface area contributed by atoms with E-state index in [0.29, 0.717) is 26.0 Å². The summed E-state index contributed by atoms with van der Waals surface area (Å²) in [7, 11) is 1.63. The molecule has 0 radical (unpaired) electrons. The van der Waals surface area contributed by atoms with Crippen molar-refractivity contribution in [2.24, 2.45) is 0 Å². The molecule has 104 valence electrons. The second kappa shape index (κ2) is 9.56. The molecule has 0 aliphatic carbocycles. The van der Waals surface area contributed by atoms with Gasteiger partial charge in [0.1, 0.15) is 0 Å². The van der Waals surface area contributed by atoms with E-state index in [1.807, 2.05) is 12.1 Å². The molecule has 0 aliphatic heterocycles. The number of amides is 1. The molecule has 1 aromatic rings. The van der Waals surface area contributed by atoms with Crippen LogP contribution in [-0.2, 0) is 16.1 Å². The molecule has 1 aromatic heterocycles. The number of carbonyl (C=O) groups is 1. The molecule has 0 bridgehead atoms. The monoisotopic (exact) mass is 281 g/mol. The molecule has 0 aliphatic rings. The Hall–Kier alpha value is -1.35. The molecular weight excluding hydrogens is 262 g/mol. The number of rotatable bonds is 7. The zero-order valence-electron chi connectivity index (χ0n) is 11.1. The Morgan fingerprint density at radius 1 is 1.53 bits per heavy atom. The van der Waals surface area contributed by atoms with Gasteiger partial charge in [0.05, 0.1) is 18.0 Å². The minimum absolute atomic E-state index is 0.0402. The predicted octanol–water partition coefficient (Wildman–Crippen LogP) is 1.52. The van der Waals surface area contributed by atoms with Gasteiger partial charge in [-0.05, 0) is 18.6 Å². The largest absolute Gasteiger partial charge is 0.395 e. The molecular formula is C14H19NO3S. The van der Waals surface area contributed by atoms with Crippen LogP contribution in [0.5, 0.6) is 0 Å². The first-order chi connectivity index (χ1) is 9.26. The molecule has 4 nitrogen and oxygen atoms in total. The fourth-order valence-electron chi connectivity index (χ4n) is 1.40. The maximum Gasteiger partial charge on any atom is 0.220 e. The molecule has 0 atom stereocenters. The fourth-order valence-corrected chi connectivity index (χ4v) is 2.22. The number of aliphatic hydroxyl groups excluding tert-OH is 1. The summed E-state index contributed by atoms with van der Waals surface area (Å²) in [5, 5.41) is 11.5. The summed E-state index contributed by atoms with van der Waals surface area (Å²) in [6.45, 7) is 1.23. The number of methoxy groups -OCH3 is 1. The molecule has 1 heterocycles. The number of hydrogen-bond donors (Lipinski definition) is 2. The summed E-state index contributed by atoms with van der Waals surface area (Å²) < 4.78 is 4.89. The number of aliphatic hydroxyl groups is 1. The first-order valence-corrected chi connectivity index (χ1v) is 7.02. The zero-order valence-corrected chi connectivity index (χ0v) is 11.9. The van der Waals surface area contributed by atoms with Crippen molar-refractivity contribution in [1.82, 2.24) is 5.32 Å². The molecule has 5 heteroatoms. The highest BCUT2D eigenvalue weighted by atomic mass is 32.1. The van der Waals surface area contributed by atoms with Crippen molar-refractivity contribution in [3.8, 4) is 11.8 Å². The maximum absolute atomic E-state index is 11.5. The lowest BCUT2D eigenvalue weighted by Crippen LogP contribution is -2.22. The average molecular weight is 281 g/mol. The summed E-state index contributed by atoms with van der Waals surface area (Å²) in [6, 6.07) is 3.89. The number of ether oxygens (including phenoxy) is 1. The van der Waals surface area contributed by atoms with E-state index in [1.165, 1.54) is 0 Å². The Bertz CT molecular complexity index is 445. The Kier molecular flexibility index (Phi) is 7.91. The minimum atomic E-state index is 0.0402. The zero-order chi connectivity index (χ0) is 13.9. The molecule has 0 saturated heterocycles. The smallest absolute Gasteiger partial charge is 0.220 e. The molecule has 0 fully saturated rings. The topological polar surface area (TPSA) is 58.6 Å². The van der Waals surface area contributed by atoms with Crippen LogP contribution >= 0.6 is 11.3 Å². The Labute approximate surface area is 117 Å². The first kappa shape index (κ1) is 15.7. The van der Waals surface area contributed by atoms with E-state index < -0.39 is 0 Å². The van der Waals surface area contributed by atoms with Crippen LogP contribution in [0.25, 0.3) is 0 Å². The Balaban J connectivity index is 2.30. The summed E-state index contributed by atoms with van der Waals surface area (Å²) in [5.41, 5.74) is 0. The SMILES string of the molecule is COCCCC(=O)NCc1ccc(C#CCCO)s1. The van der Waals surface area contributed by atoms with Gasteiger partial charge in [-0.1, -0.05) is 11.8 Å². The van der Waals surface area contributed by atoms with Crippen molar-refractivity contribution < 1.29 is 14.6 Å². The van der Waals surface area contributed by atoms with Gasteiger partial charge in [0.2, 0.25) is 5.91 Å². The van der Waals surface area contributed by atoms with E-state index in [1.54, 1.807) is 18.4 Å². The summed E-state index contributed by atoms with van der Waals surface area (Å²) in [6.07, 6.45) is 1.72. The van der Waals surface area contributed by atoms with Gasteiger partial charge in [-0.3, -0.25) is 4.79 Å². The maximum atomic E-state index is 11.5. The highest BCUT2D eigenvalue weighted by Gasteiger charge is 2.02. The van der Waals surface area contributed by atoms with Crippen LogP contribution in [-0.4, -0.2) is 31.3 Å². The van der Waals surface area contributed by atoms with Gasteiger partial charge in [-0.25, -0.2) is 0 Å². The van der Waals surface area contributed by atoms with Crippen molar-refractivity contribution >= 4 is 17.2 Å². The molecule has 0 unspecified atom stereocenters. The standard InChI is InChI=1S/C14H19NO3S/c1-18-10-4-6-14(17)15-11-13-8-7-12(19-13)5-2-3-9-16/h7-8,16H,3-4,6,9-11H2,1H3,(H,15,17). The van der Waals surface area contributed by atoms with Crippen molar-refractivity contribution in [3.63, 3.8) is 0 Å². The Morgan fingerprint density at radius 2 is 2.37 bits per heavy atom. The van der Waals surface area contributed by atoms with E-state index in [9.17, 15) is 4.79 Å². The highest BCUT2D eigenvalue weighted by Crippen LogP contribution is 2.15. The second-order valence-corrected chi connectivity index (χ2v) is 5.08. The van der Waals surface area contributed by atoms with E-state index in [4.69, 9.17) is 9.84 Å². The number of hydrogen-bond acceptors (Lipinski definition) is 4. The molecule has 1 rings (SSSR count). The van der Waals surface area contributed by atoms with Crippen LogP contribution in [0.15, 0.2) is 12.1 Å². The van der Waals surface area contributed by atoms with Gasteiger partial charge >= 0.3 is 0 Å². The molecule has 0 aromatic carbocycles. The van der Waals surface area contributed by atoms with Crippen molar-refractivity contribution in [2.75, 3.05) is 20.3 Å². The third-order valence-corrected chi connectivity index (χ3v) is 3.32. The van der Waals surface area contributed by atoms with Crippen LogP contribution in [0.1, 0.15) is 29.0 Å². The van der Waals surface area contributed by atoms with Crippen LogP contribution in [0, 0.1) is 11.8 Å². The van der Waals surface area contributed by atoms with Gasteiger partial charge in [-0.2, -0.15) is 0 Å². The average Bonchev–Trinajstić information content (AvgIpc) is 2.85. The van der Waals surface area contributed by atoms with Gasteiger partial charge in [0.25, 0.3) is 0 Å². The van der Waals surface area contributed by atoms with E-state index in [2.05, 4.69) is 17.2 Å². The number of thiophene rings is 1. The van der Waals surface area contributed by atoms with Gasteiger partial charge < -0.3 is 15.2 Å². The summed E-state index contributed by atoms with van der Waals surface area (Å²) in [4.78, 5) is 13.5. The number of carbonyl (C=O) groups excluding carboxylic acids is 1. The molecule has 0 saturated carbocycles.